The van der Waals surface area contributed by atoms with Gasteiger partial charge in [0.25, 0.3) is 5.91 Å². The van der Waals surface area contributed by atoms with E-state index >= 15 is 0 Å². The maximum atomic E-state index is 13.3. The van der Waals surface area contributed by atoms with E-state index in [0.29, 0.717) is 51.5 Å². The van der Waals surface area contributed by atoms with Crippen molar-refractivity contribution in [2.24, 2.45) is 0 Å². The van der Waals surface area contributed by atoms with Crippen molar-refractivity contribution in [1.29, 1.82) is 0 Å². The lowest BCUT2D eigenvalue weighted by molar-refractivity contribution is -0.113. The molecule has 32 heavy (non-hydrogen) atoms. The number of amides is 1. The summed E-state index contributed by atoms with van der Waals surface area (Å²) in [5, 5.41) is 9.55. The van der Waals surface area contributed by atoms with Gasteiger partial charge in [-0.05, 0) is 56.4 Å². The minimum absolute atomic E-state index is 0.281. The first-order chi connectivity index (χ1) is 15.4. The second kappa shape index (κ2) is 10.2. The van der Waals surface area contributed by atoms with Crippen LogP contribution in [0.3, 0.4) is 0 Å². The second-order valence-electron chi connectivity index (χ2n) is 6.93. The third kappa shape index (κ3) is 4.88. The summed E-state index contributed by atoms with van der Waals surface area (Å²) in [4.78, 5) is 13.3. The molecule has 2 aromatic carbocycles. The van der Waals surface area contributed by atoms with E-state index in [1.807, 2.05) is 19.1 Å². The van der Waals surface area contributed by atoms with Crippen LogP contribution in [-0.2, 0) is 4.79 Å². The zero-order valence-electron chi connectivity index (χ0n) is 18.7. The number of anilines is 1. The standard InChI is InChI=1S/C23H27N3O5S/c1-6-31-15-9-7-14(8-10-15)25-22(27)20-13(2)24-23(32)26-21(20)16-11-18(29-4)19(30-5)12-17(16)28-3/h7-12,21H,6H2,1-5H3,(H,25,27)(H2,24,26,32)/t21-/m0/s1. The lowest BCUT2D eigenvalue weighted by Crippen LogP contribution is -2.45. The Balaban J connectivity index is 1.99. The van der Waals surface area contributed by atoms with Crippen molar-refractivity contribution in [3.63, 3.8) is 0 Å². The van der Waals surface area contributed by atoms with Crippen LogP contribution in [-0.4, -0.2) is 39.0 Å². The van der Waals surface area contributed by atoms with Gasteiger partial charge in [-0.2, -0.15) is 0 Å². The summed E-state index contributed by atoms with van der Waals surface area (Å²) in [7, 11) is 4.66. The van der Waals surface area contributed by atoms with E-state index in [0.717, 1.165) is 5.75 Å². The molecule has 1 aliphatic rings. The molecule has 0 saturated heterocycles. The van der Waals surface area contributed by atoms with Gasteiger partial charge in [0.05, 0.1) is 39.6 Å². The SMILES string of the molecule is CCOc1ccc(NC(=O)C2=C(C)NC(=S)N[C@H]2c2cc(OC)c(OC)cc2OC)cc1. The highest BCUT2D eigenvalue weighted by molar-refractivity contribution is 7.80. The lowest BCUT2D eigenvalue weighted by atomic mass is 9.93. The molecule has 8 nitrogen and oxygen atoms in total. The van der Waals surface area contributed by atoms with Gasteiger partial charge in [0, 0.05) is 23.0 Å². The van der Waals surface area contributed by atoms with Crippen LogP contribution in [0.4, 0.5) is 5.69 Å². The van der Waals surface area contributed by atoms with Crippen LogP contribution >= 0.6 is 12.2 Å². The van der Waals surface area contributed by atoms with Crippen molar-refractivity contribution in [1.82, 2.24) is 10.6 Å². The number of methoxy groups -OCH3 is 3. The largest absolute Gasteiger partial charge is 0.496 e. The molecule has 0 saturated carbocycles. The molecule has 1 aliphatic heterocycles. The Morgan fingerprint density at radius 3 is 2.25 bits per heavy atom. The summed E-state index contributed by atoms with van der Waals surface area (Å²) in [5.41, 5.74) is 2.44. The molecule has 3 rings (SSSR count). The molecule has 1 atom stereocenters. The first-order valence-electron chi connectivity index (χ1n) is 10.0. The van der Waals surface area contributed by atoms with Crippen molar-refractivity contribution < 1.29 is 23.7 Å². The molecule has 0 unspecified atom stereocenters. The summed E-state index contributed by atoms with van der Waals surface area (Å²) in [5.74, 6) is 2.02. The topological polar surface area (TPSA) is 90.1 Å². The van der Waals surface area contributed by atoms with Crippen LogP contribution in [0.1, 0.15) is 25.5 Å². The van der Waals surface area contributed by atoms with Crippen molar-refractivity contribution in [2.45, 2.75) is 19.9 Å². The summed E-state index contributed by atoms with van der Waals surface area (Å²) < 4.78 is 21.9. The predicted molar refractivity (Wildman–Crippen MR) is 127 cm³/mol. The number of ether oxygens (including phenoxy) is 4. The maximum absolute atomic E-state index is 13.3. The summed E-state index contributed by atoms with van der Waals surface area (Å²) in [6.45, 7) is 4.30. The molecule has 0 radical (unpaired) electrons. The number of allylic oxidation sites excluding steroid dienone is 1. The van der Waals surface area contributed by atoms with Crippen molar-refractivity contribution >= 4 is 28.9 Å². The van der Waals surface area contributed by atoms with E-state index in [2.05, 4.69) is 16.0 Å². The molecule has 9 heteroatoms. The molecule has 0 spiro atoms. The average Bonchev–Trinajstić information content (AvgIpc) is 2.78. The minimum atomic E-state index is -0.568. The molecule has 0 aromatic heterocycles. The highest BCUT2D eigenvalue weighted by Gasteiger charge is 2.33. The minimum Gasteiger partial charge on any atom is -0.496 e. The number of rotatable bonds is 8. The van der Waals surface area contributed by atoms with E-state index < -0.39 is 6.04 Å². The number of benzene rings is 2. The highest BCUT2D eigenvalue weighted by atomic mass is 32.1. The Kier molecular flexibility index (Phi) is 7.42. The summed E-state index contributed by atoms with van der Waals surface area (Å²) in [6.07, 6.45) is 0. The van der Waals surface area contributed by atoms with E-state index in [1.54, 1.807) is 52.5 Å². The van der Waals surface area contributed by atoms with Crippen LogP contribution in [0.25, 0.3) is 0 Å². The van der Waals surface area contributed by atoms with Crippen molar-refractivity contribution in [3.05, 3.63) is 53.2 Å². The van der Waals surface area contributed by atoms with Crippen LogP contribution in [0, 0.1) is 0 Å². The molecule has 0 bridgehead atoms. The van der Waals surface area contributed by atoms with E-state index in [-0.39, 0.29) is 5.91 Å². The molecular formula is C23H27N3O5S. The van der Waals surface area contributed by atoms with E-state index in [1.165, 1.54) is 0 Å². The predicted octanol–water partition coefficient (Wildman–Crippen LogP) is 3.54. The van der Waals surface area contributed by atoms with E-state index in [4.69, 9.17) is 31.2 Å². The summed E-state index contributed by atoms with van der Waals surface area (Å²) >= 11 is 5.36. The first kappa shape index (κ1) is 23.2. The third-order valence-electron chi connectivity index (χ3n) is 4.98. The van der Waals surface area contributed by atoms with Gasteiger partial charge in [0.15, 0.2) is 16.6 Å². The van der Waals surface area contributed by atoms with Crippen LogP contribution in [0.2, 0.25) is 0 Å². The van der Waals surface area contributed by atoms with Gasteiger partial charge in [-0.3, -0.25) is 4.79 Å². The third-order valence-corrected chi connectivity index (χ3v) is 5.20. The van der Waals surface area contributed by atoms with Crippen LogP contribution in [0.15, 0.2) is 47.7 Å². The molecule has 3 N–H and O–H groups in total. The average molecular weight is 458 g/mol. The number of carbonyl (C=O) groups is 1. The zero-order chi connectivity index (χ0) is 23.3. The van der Waals surface area contributed by atoms with Gasteiger partial charge in [0.1, 0.15) is 11.5 Å². The summed E-state index contributed by atoms with van der Waals surface area (Å²) in [6, 6.07) is 10.1. The van der Waals surface area contributed by atoms with Gasteiger partial charge < -0.3 is 34.9 Å². The normalized spacial score (nSPS) is 15.4. The van der Waals surface area contributed by atoms with E-state index in [9.17, 15) is 4.79 Å². The quantitative estimate of drug-likeness (QED) is 0.519. The van der Waals surface area contributed by atoms with Gasteiger partial charge >= 0.3 is 0 Å². The highest BCUT2D eigenvalue weighted by Crippen LogP contribution is 2.40. The molecule has 0 fully saturated rings. The monoisotopic (exact) mass is 457 g/mol. The molecule has 1 amide bonds. The number of carbonyl (C=O) groups excluding carboxylic acids is 1. The van der Waals surface area contributed by atoms with Gasteiger partial charge in [-0.25, -0.2) is 0 Å². The second-order valence-corrected chi connectivity index (χ2v) is 7.34. The van der Waals surface area contributed by atoms with Crippen LogP contribution < -0.4 is 34.9 Å². The van der Waals surface area contributed by atoms with Crippen LogP contribution in [0.5, 0.6) is 23.0 Å². The Morgan fingerprint density at radius 2 is 1.66 bits per heavy atom. The van der Waals surface area contributed by atoms with Gasteiger partial charge in [0.2, 0.25) is 0 Å². The first-order valence-corrected chi connectivity index (χ1v) is 10.4. The molecule has 1 heterocycles. The Bertz CT molecular complexity index is 1040. The fraction of sp³-hybridized carbons (Fsp3) is 0.304. The Morgan fingerprint density at radius 1 is 1.03 bits per heavy atom. The van der Waals surface area contributed by atoms with Gasteiger partial charge in [-0.1, -0.05) is 0 Å². The number of hydrogen-bond acceptors (Lipinski definition) is 6. The Labute approximate surface area is 192 Å². The lowest BCUT2D eigenvalue weighted by Gasteiger charge is -2.31. The van der Waals surface area contributed by atoms with Crippen molar-refractivity contribution in [3.8, 4) is 23.0 Å². The fourth-order valence-electron chi connectivity index (χ4n) is 3.51. The number of thiocarbonyl (C=S) groups is 1. The molecular weight excluding hydrogens is 430 g/mol. The Hall–Kier alpha value is -3.46. The zero-order valence-corrected chi connectivity index (χ0v) is 19.5. The molecule has 2 aromatic rings. The number of hydrogen-bond donors (Lipinski definition) is 3. The van der Waals surface area contributed by atoms with Gasteiger partial charge in [-0.15, -0.1) is 0 Å². The number of nitrogens with one attached hydrogen (secondary N) is 3. The molecule has 0 aliphatic carbocycles. The molecule has 170 valence electrons. The van der Waals surface area contributed by atoms with Crippen molar-refractivity contribution in [2.75, 3.05) is 33.3 Å². The fourth-order valence-corrected chi connectivity index (χ4v) is 3.78. The smallest absolute Gasteiger partial charge is 0.255 e. The maximum Gasteiger partial charge on any atom is 0.255 e.